The number of halogens is 1. The molecule has 2 N–H and O–H groups in total. The van der Waals surface area contributed by atoms with E-state index in [1.807, 2.05) is 30.3 Å². The Morgan fingerprint density at radius 1 is 1.21 bits per heavy atom. The third-order valence-corrected chi connectivity index (χ3v) is 4.26. The van der Waals surface area contributed by atoms with E-state index in [0.29, 0.717) is 28.7 Å². The van der Waals surface area contributed by atoms with Gasteiger partial charge in [0.05, 0.1) is 16.2 Å². The van der Waals surface area contributed by atoms with E-state index in [0.717, 1.165) is 5.56 Å². The average molecular weight is 415 g/mol. The lowest BCUT2D eigenvalue weighted by Gasteiger charge is -2.06. The molecular weight excluding hydrogens is 400 g/mol. The SMILES string of the molecule is O=[N+]([O-])c1ccc(-c2ccc(/C=N/NC(=S)NCc3ccccc3)o2)c(Cl)c1. The van der Waals surface area contributed by atoms with Crippen LogP contribution in [0.25, 0.3) is 11.3 Å². The largest absolute Gasteiger partial charge is 0.455 e. The molecule has 3 aromatic rings. The molecule has 28 heavy (non-hydrogen) atoms. The van der Waals surface area contributed by atoms with Crippen LogP contribution < -0.4 is 10.7 Å². The Labute approximate surface area is 171 Å². The Bertz CT molecular complexity index is 1020. The highest BCUT2D eigenvalue weighted by Gasteiger charge is 2.13. The van der Waals surface area contributed by atoms with Crippen LogP contribution in [0.4, 0.5) is 5.69 Å². The van der Waals surface area contributed by atoms with Crippen molar-refractivity contribution in [3.05, 3.63) is 87.1 Å². The van der Waals surface area contributed by atoms with Gasteiger partial charge < -0.3 is 9.73 Å². The number of rotatable bonds is 6. The van der Waals surface area contributed by atoms with Gasteiger partial charge in [0, 0.05) is 24.2 Å². The van der Waals surface area contributed by atoms with Gasteiger partial charge in [-0.1, -0.05) is 41.9 Å². The molecule has 0 aliphatic rings. The number of nitro benzene ring substituents is 1. The van der Waals surface area contributed by atoms with Crippen molar-refractivity contribution in [2.75, 3.05) is 0 Å². The van der Waals surface area contributed by atoms with E-state index in [9.17, 15) is 10.1 Å². The third kappa shape index (κ3) is 5.15. The summed E-state index contributed by atoms with van der Waals surface area (Å²) in [7, 11) is 0. The Hall–Kier alpha value is -3.23. The molecule has 0 saturated carbocycles. The minimum atomic E-state index is -0.504. The molecular formula is C19H15ClN4O3S. The van der Waals surface area contributed by atoms with Crippen molar-refractivity contribution < 1.29 is 9.34 Å². The van der Waals surface area contributed by atoms with Crippen LogP contribution in [-0.2, 0) is 6.54 Å². The summed E-state index contributed by atoms with van der Waals surface area (Å²) in [6, 6.07) is 17.5. The number of thiocarbonyl (C=S) groups is 1. The highest BCUT2D eigenvalue weighted by atomic mass is 35.5. The van der Waals surface area contributed by atoms with E-state index in [1.165, 1.54) is 18.3 Å². The Kier molecular flexibility index (Phi) is 6.36. The fourth-order valence-corrected chi connectivity index (χ4v) is 2.75. The highest BCUT2D eigenvalue weighted by molar-refractivity contribution is 7.80. The molecule has 3 rings (SSSR count). The predicted molar refractivity (Wildman–Crippen MR) is 112 cm³/mol. The van der Waals surface area contributed by atoms with Crippen LogP contribution >= 0.6 is 23.8 Å². The van der Waals surface area contributed by atoms with Gasteiger partial charge in [0.25, 0.3) is 5.69 Å². The normalized spacial score (nSPS) is 10.8. The maximum Gasteiger partial charge on any atom is 0.270 e. The van der Waals surface area contributed by atoms with Gasteiger partial charge in [0.2, 0.25) is 0 Å². The zero-order valence-electron chi connectivity index (χ0n) is 14.5. The maximum absolute atomic E-state index is 10.8. The average Bonchev–Trinajstić information content (AvgIpc) is 3.15. The number of benzene rings is 2. The molecule has 0 bridgehead atoms. The van der Waals surface area contributed by atoms with Crippen molar-refractivity contribution in [3.63, 3.8) is 0 Å². The van der Waals surface area contributed by atoms with Gasteiger partial charge in [-0.3, -0.25) is 15.5 Å². The van der Waals surface area contributed by atoms with Crippen molar-refractivity contribution >= 4 is 40.8 Å². The third-order valence-electron chi connectivity index (χ3n) is 3.71. The molecule has 2 aromatic carbocycles. The minimum absolute atomic E-state index is 0.0807. The molecule has 0 aliphatic heterocycles. The number of furan rings is 1. The van der Waals surface area contributed by atoms with Crippen molar-refractivity contribution in [2.24, 2.45) is 5.10 Å². The van der Waals surface area contributed by atoms with E-state index < -0.39 is 4.92 Å². The van der Waals surface area contributed by atoms with E-state index in [1.54, 1.807) is 18.2 Å². The summed E-state index contributed by atoms with van der Waals surface area (Å²) in [5.74, 6) is 0.953. The zero-order chi connectivity index (χ0) is 19.9. The summed E-state index contributed by atoms with van der Waals surface area (Å²) in [6.07, 6.45) is 1.47. The minimum Gasteiger partial charge on any atom is -0.455 e. The molecule has 0 spiro atoms. The van der Waals surface area contributed by atoms with Crippen molar-refractivity contribution in [2.45, 2.75) is 6.54 Å². The van der Waals surface area contributed by atoms with Crippen LogP contribution in [0.15, 0.2) is 70.2 Å². The first-order chi connectivity index (χ1) is 13.5. The van der Waals surface area contributed by atoms with E-state index in [-0.39, 0.29) is 10.7 Å². The van der Waals surface area contributed by atoms with Crippen LogP contribution in [0.2, 0.25) is 5.02 Å². The van der Waals surface area contributed by atoms with Crippen LogP contribution in [0.3, 0.4) is 0 Å². The smallest absolute Gasteiger partial charge is 0.270 e. The number of hydrogen-bond acceptors (Lipinski definition) is 5. The monoisotopic (exact) mass is 414 g/mol. The molecule has 0 radical (unpaired) electrons. The van der Waals surface area contributed by atoms with Gasteiger partial charge in [-0.25, -0.2) is 0 Å². The van der Waals surface area contributed by atoms with Crippen molar-refractivity contribution in [1.29, 1.82) is 0 Å². The summed E-state index contributed by atoms with van der Waals surface area (Å²) >= 11 is 11.3. The molecule has 0 amide bonds. The molecule has 1 heterocycles. The van der Waals surface area contributed by atoms with Crippen LogP contribution in [0.1, 0.15) is 11.3 Å². The molecule has 0 atom stereocenters. The summed E-state index contributed by atoms with van der Waals surface area (Å²) in [5, 5.41) is 18.5. The number of nitrogens with zero attached hydrogens (tertiary/aromatic N) is 2. The van der Waals surface area contributed by atoms with E-state index in [2.05, 4.69) is 15.8 Å². The maximum atomic E-state index is 10.8. The van der Waals surface area contributed by atoms with Crippen LogP contribution in [0.5, 0.6) is 0 Å². The molecule has 7 nitrogen and oxygen atoms in total. The lowest BCUT2D eigenvalue weighted by Crippen LogP contribution is -2.31. The fraction of sp³-hybridized carbons (Fsp3) is 0.0526. The van der Waals surface area contributed by atoms with Crippen LogP contribution in [0, 0.1) is 10.1 Å². The Morgan fingerprint density at radius 3 is 2.71 bits per heavy atom. The molecule has 142 valence electrons. The molecule has 0 fully saturated rings. The number of hydrazone groups is 1. The van der Waals surface area contributed by atoms with Crippen molar-refractivity contribution in [1.82, 2.24) is 10.7 Å². The Balaban J connectivity index is 1.57. The predicted octanol–water partition coefficient (Wildman–Crippen LogP) is 4.51. The number of nitrogens with one attached hydrogen (secondary N) is 2. The lowest BCUT2D eigenvalue weighted by atomic mass is 10.1. The topological polar surface area (TPSA) is 92.7 Å². The van der Waals surface area contributed by atoms with Gasteiger partial charge in [-0.2, -0.15) is 5.10 Å². The van der Waals surface area contributed by atoms with Crippen LogP contribution in [-0.4, -0.2) is 16.3 Å². The summed E-state index contributed by atoms with van der Waals surface area (Å²) in [6.45, 7) is 0.589. The standard InChI is InChI=1S/C19H15ClN4O3S/c20-17-10-14(24(25)26)6-8-16(17)18-9-7-15(27-18)12-22-23-19(28)21-11-13-4-2-1-3-5-13/h1-10,12H,11H2,(H2,21,23,28)/b22-12+. The second kappa shape index (κ2) is 9.12. The summed E-state index contributed by atoms with van der Waals surface area (Å²) in [5.41, 5.74) is 4.29. The first-order valence-corrected chi connectivity index (χ1v) is 8.96. The van der Waals surface area contributed by atoms with Gasteiger partial charge in [-0.15, -0.1) is 0 Å². The van der Waals surface area contributed by atoms with Gasteiger partial charge in [-0.05, 0) is 36.0 Å². The second-order valence-corrected chi connectivity index (χ2v) is 6.48. The molecule has 1 aromatic heterocycles. The number of non-ortho nitro benzene ring substituents is 1. The summed E-state index contributed by atoms with van der Waals surface area (Å²) < 4.78 is 5.65. The number of hydrogen-bond donors (Lipinski definition) is 2. The molecule has 0 unspecified atom stereocenters. The zero-order valence-corrected chi connectivity index (χ0v) is 16.0. The second-order valence-electron chi connectivity index (χ2n) is 5.66. The quantitative estimate of drug-likeness (QED) is 0.267. The highest BCUT2D eigenvalue weighted by Crippen LogP contribution is 2.31. The summed E-state index contributed by atoms with van der Waals surface area (Å²) in [4.78, 5) is 10.3. The Morgan fingerprint density at radius 2 is 2.00 bits per heavy atom. The first-order valence-electron chi connectivity index (χ1n) is 8.18. The van der Waals surface area contributed by atoms with Gasteiger partial charge in [0.15, 0.2) is 5.11 Å². The van der Waals surface area contributed by atoms with Crippen molar-refractivity contribution in [3.8, 4) is 11.3 Å². The van der Waals surface area contributed by atoms with Gasteiger partial charge in [0.1, 0.15) is 11.5 Å². The first kappa shape index (κ1) is 19.5. The number of nitro groups is 1. The van der Waals surface area contributed by atoms with E-state index >= 15 is 0 Å². The van der Waals surface area contributed by atoms with Gasteiger partial charge >= 0.3 is 0 Å². The molecule has 0 saturated heterocycles. The van der Waals surface area contributed by atoms with E-state index in [4.69, 9.17) is 28.2 Å². The molecule has 0 aliphatic carbocycles. The lowest BCUT2D eigenvalue weighted by molar-refractivity contribution is -0.384. The fourth-order valence-electron chi connectivity index (χ4n) is 2.36. The molecule has 9 heteroatoms.